The molecule has 82 valence electrons. The first-order valence-corrected chi connectivity index (χ1v) is 5.83. The maximum absolute atomic E-state index is 5.62. The Bertz CT molecular complexity index is 468. The van der Waals surface area contributed by atoms with E-state index < -0.39 is 0 Å². The first-order chi connectivity index (χ1) is 7.93. The lowest BCUT2D eigenvalue weighted by Gasteiger charge is -2.02. The molecule has 0 amide bonds. The number of epoxide rings is 1. The van der Waals surface area contributed by atoms with Gasteiger partial charge in [0.05, 0.1) is 6.61 Å². The van der Waals surface area contributed by atoms with Gasteiger partial charge in [-0.05, 0) is 0 Å². The van der Waals surface area contributed by atoms with Crippen LogP contribution in [0.15, 0.2) is 30.3 Å². The SMILES string of the molecule is c1ccc(-c2nnsc2OCC2CO2)cc1. The molecule has 2 heterocycles. The third-order valence-corrected chi connectivity index (χ3v) is 2.95. The van der Waals surface area contributed by atoms with Crippen LogP contribution < -0.4 is 4.74 Å². The van der Waals surface area contributed by atoms with Crippen molar-refractivity contribution in [1.29, 1.82) is 0 Å². The summed E-state index contributed by atoms with van der Waals surface area (Å²) in [5.74, 6) is 0. The van der Waals surface area contributed by atoms with E-state index in [9.17, 15) is 0 Å². The van der Waals surface area contributed by atoms with Gasteiger partial charge in [0.15, 0.2) is 0 Å². The molecule has 0 radical (unpaired) electrons. The van der Waals surface area contributed by atoms with Crippen LogP contribution >= 0.6 is 11.5 Å². The van der Waals surface area contributed by atoms with Gasteiger partial charge >= 0.3 is 0 Å². The number of hydrogen-bond donors (Lipinski definition) is 0. The first kappa shape index (κ1) is 9.74. The van der Waals surface area contributed by atoms with Crippen LogP contribution in [0.2, 0.25) is 0 Å². The largest absolute Gasteiger partial charge is 0.478 e. The first-order valence-electron chi connectivity index (χ1n) is 5.05. The summed E-state index contributed by atoms with van der Waals surface area (Å²) < 4.78 is 14.6. The lowest BCUT2D eigenvalue weighted by Crippen LogP contribution is -2.03. The van der Waals surface area contributed by atoms with Gasteiger partial charge in [0.1, 0.15) is 18.4 Å². The van der Waals surface area contributed by atoms with E-state index in [0.29, 0.717) is 6.61 Å². The number of ether oxygens (including phenoxy) is 2. The van der Waals surface area contributed by atoms with Gasteiger partial charge in [-0.3, -0.25) is 0 Å². The molecule has 4 nitrogen and oxygen atoms in total. The van der Waals surface area contributed by atoms with Crippen LogP contribution in [0.5, 0.6) is 5.06 Å². The maximum Gasteiger partial charge on any atom is 0.222 e. The molecule has 1 aliphatic rings. The molecule has 1 aliphatic heterocycles. The van der Waals surface area contributed by atoms with Crippen molar-refractivity contribution < 1.29 is 9.47 Å². The second-order valence-corrected chi connectivity index (χ2v) is 4.26. The van der Waals surface area contributed by atoms with Crippen LogP contribution in [-0.4, -0.2) is 28.9 Å². The molecule has 16 heavy (non-hydrogen) atoms. The summed E-state index contributed by atoms with van der Waals surface area (Å²) in [7, 11) is 0. The third-order valence-electron chi connectivity index (χ3n) is 2.31. The molecule has 0 aliphatic carbocycles. The zero-order valence-electron chi connectivity index (χ0n) is 8.50. The minimum atomic E-state index is 0.255. The smallest absolute Gasteiger partial charge is 0.222 e. The van der Waals surface area contributed by atoms with Crippen LogP contribution in [0.4, 0.5) is 0 Å². The molecular weight excluding hydrogens is 224 g/mol. The molecule has 3 rings (SSSR count). The van der Waals surface area contributed by atoms with E-state index in [-0.39, 0.29) is 6.10 Å². The van der Waals surface area contributed by atoms with Gasteiger partial charge in [0.2, 0.25) is 5.06 Å². The zero-order chi connectivity index (χ0) is 10.8. The number of rotatable bonds is 4. The number of nitrogens with zero attached hydrogens (tertiary/aromatic N) is 2. The Morgan fingerprint density at radius 1 is 1.38 bits per heavy atom. The van der Waals surface area contributed by atoms with E-state index in [1.165, 1.54) is 11.5 Å². The van der Waals surface area contributed by atoms with Gasteiger partial charge in [-0.2, -0.15) is 0 Å². The molecule has 0 spiro atoms. The molecule has 0 N–H and O–H groups in total. The number of aromatic nitrogens is 2. The second-order valence-electron chi connectivity index (χ2n) is 3.54. The third kappa shape index (κ3) is 2.05. The molecule has 0 bridgehead atoms. The normalized spacial score (nSPS) is 18.4. The fourth-order valence-electron chi connectivity index (χ4n) is 1.38. The summed E-state index contributed by atoms with van der Waals surface area (Å²) in [5, 5.41) is 4.85. The van der Waals surface area contributed by atoms with Crippen molar-refractivity contribution >= 4 is 11.5 Å². The number of hydrogen-bond acceptors (Lipinski definition) is 5. The van der Waals surface area contributed by atoms with Crippen molar-refractivity contribution in [3.8, 4) is 16.3 Å². The van der Waals surface area contributed by atoms with Crippen molar-refractivity contribution in [2.45, 2.75) is 6.10 Å². The van der Waals surface area contributed by atoms with Crippen LogP contribution in [-0.2, 0) is 4.74 Å². The number of benzene rings is 1. The predicted octanol–water partition coefficient (Wildman–Crippen LogP) is 1.98. The Morgan fingerprint density at radius 3 is 2.94 bits per heavy atom. The van der Waals surface area contributed by atoms with E-state index in [2.05, 4.69) is 9.59 Å². The summed E-state index contributed by atoms with van der Waals surface area (Å²) in [5.41, 5.74) is 1.84. The van der Waals surface area contributed by atoms with Crippen molar-refractivity contribution in [3.63, 3.8) is 0 Å². The minimum Gasteiger partial charge on any atom is -0.478 e. The van der Waals surface area contributed by atoms with Gasteiger partial charge in [-0.25, -0.2) is 0 Å². The summed E-state index contributed by atoms with van der Waals surface area (Å²) in [6.07, 6.45) is 0.255. The molecule has 0 saturated carbocycles. The van der Waals surface area contributed by atoms with Gasteiger partial charge in [-0.1, -0.05) is 34.8 Å². The van der Waals surface area contributed by atoms with Crippen LogP contribution in [0, 0.1) is 0 Å². The highest BCUT2D eigenvalue weighted by Gasteiger charge is 2.24. The zero-order valence-corrected chi connectivity index (χ0v) is 9.31. The van der Waals surface area contributed by atoms with Crippen molar-refractivity contribution in [3.05, 3.63) is 30.3 Å². The highest BCUT2D eigenvalue weighted by atomic mass is 32.1. The Morgan fingerprint density at radius 2 is 2.19 bits per heavy atom. The highest BCUT2D eigenvalue weighted by Crippen LogP contribution is 2.31. The lowest BCUT2D eigenvalue weighted by atomic mass is 10.2. The molecule has 5 heteroatoms. The fourth-order valence-corrected chi connectivity index (χ4v) is 1.94. The Labute approximate surface area is 97.0 Å². The molecule has 1 aromatic carbocycles. The van der Waals surface area contributed by atoms with Gasteiger partial charge in [0.25, 0.3) is 0 Å². The Balaban J connectivity index is 1.81. The van der Waals surface area contributed by atoms with Gasteiger partial charge in [-0.15, -0.1) is 5.10 Å². The lowest BCUT2D eigenvalue weighted by molar-refractivity contribution is 0.269. The van der Waals surface area contributed by atoms with Crippen molar-refractivity contribution in [2.24, 2.45) is 0 Å². The van der Waals surface area contributed by atoms with Gasteiger partial charge in [0, 0.05) is 17.1 Å². The van der Waals surface area contributed by atoms with Crippen LogP contribution in [0.25, 0.3) is 11.3 Å². The predicted molar refractivity (Wildman–Crippen MR) is 60.6 cm³/mol. The molecule has 1 fully saturated rings. The average Bonchev–Trinajstić information content (AvgIpc) is 3.05. The highest BCUT2D eigenvalue weighted by molar-refractivity contribution is 7.08. The summed E-state index contributed by atoms with van der Waals surface area (Å²) in [4.78, 5) is 0. The quantitative estimate of drug-likeness (QED) is 0.759. The standard InChI is InChI=1S/C11H10N2O2S/c1-2-4-8(5-3-1)10-11(16-13-12-10)15-7-9-6-14-9/h1-5,9H,6-7H2. The van der Waals surface area contributed by atoms with E-state index in [4.69, 9.17) is 9.47 Å². The van der Waals surface area contributed by atoms with E-state index in [1.807, 2.05) is 30.3 Å². The van der Waals surface area contributed by atoms with E-state index in [1.54, 1.807) is 0 Å². The molecular formula is C11H10N2O2S. The van der Waals surface area contributed by atoms with Gasteiger partial charge < -0.3 is 9.47 Å². The summed E-state index contributed by atoms with van der Waals surface area (Å²) >= 11 is 1.28. The fraction of sp³-hybridized carbons (Fsp3) is 0.273. The molecule has 2 aromatic rings. The molecule has 1 unspecified atom stereocenters. The topological polar surface area (TPSA) is 47.5 Å². The molecule has 1 saturated heterocycles. The monoisotopic (exact) mass is 234 g/mol. The van der Waals surface area contributed by atoms with E-state index in [0.717, 1.165) is 22.9 Å². The maximum atomic E-state index is 5.62. The van der Waals surface area contributed by atoms with Crippen LogP contribution in [0.3, 0.4) is 0 Å². The summed E-state index contributed by atoms with van der Waals surface area (Å²) in [6.45, 7) is 1.39. The second kappa shape index (κ2) is 4.19. The molecule has 1 aromatic heterocycles. The Hall–Kier alpha value is -1.46. The minimum absolute atomic E-state index is 0.255. The van der Waals surface area contributed by atoms with E-state index >= 15 is 0 Å². The Kier molecular flexibility index (Phi) is 2.55. The van der Waals surface area contributed by atoms with Crippen molar-refractivity contribution in [1.82, 2.24) is 9.59 Å². The van der Waals surface area contributed by atoms with Crippen molar-refractivity contribution in [2.75, 3.05) is 13.2 Å². The van der Waals surface area contributed by atoms with Crippen LogP contribution in [0.1, 0.15) is 0 Å². The molecule has 1 atom stereocenters. The average molecular weight is 234 g/mol. The summed E-state index contributed by atoms with van der Waals surface area (Å²) in [6, 6.07) is 9.92.